The number of alkyl halides is 1. The minimum absolute atomic E-state index is 0.558. The summed E-state index contributed by atoms with van der Waals surface area (Å²) < 4.78 is 7.44. The van der Waals surface area contributed by atoms with Crippen LogP contribution < -0.4 is 4.74 Å². The SMILES string of the molecule is CCn1ncc(OC)c1C1CCCC1Br. The summed E-state index contributed by atoms with van der Waals surface area (Å²) >= 11 is 3.76. The molecule has 1 aromatic rings. The zero-order chi connectivity index (χ0) is 10.8. The highest BCUT2D eigenvalue weighted by atomic mass is 79.9. The van der Waals surface area contributed by atoms with Crippen molar-refractivity contribution < 1.29 is 4.74 Å². The molecule has 0 saturated heterocycles. The monoisotopic (exact) mass is 272 g/mol. The van der Waals surface area contributed by atoms with Gasteiger partial charge in [-0.15, -0.1) is 0 Å². The maximum absolute atomic E-state index is 5.38. The Morgan fingerprint density at radius 3 is 2.93 bits per heavy atom. The summed E-state index contributed by atoms with van der Waals surface area (Å²) in [4.78, 5) is 0.577. The lowest BCUT2D eigenvalue weighted by Crippen LogP contribution is -2.12. The third kappa shape index (κ3) is 1.92. The van der Waals surface area contributed by atoms with Gasteiger partial charge in [-0.1, -0.05) is 22.4 Å². The molecule has 1 fully saturated rings. The highest BCUT2D eigenvalue weighted by Crippen LogP contribution is 2.42. The van der Waals surface area contributed by atoms with Crippen molar-refractivity contribution in [2.45, 2.75) is 43.5 Å². The van der Waals surface area contributed by atoms with Crippen molar-refractivity contribution in [3.05, 3.63) is 11.9 Å². The van der Waals surface area contributed by atoms with Gasteiger partial charge in [0.1, 0.15) is 0 Å². The molecule has 15 heavy (non-hydrogen) atoms. The summed E-state index contributed by atoms with van der Waals surface area (Å²) in [6, 6.07) is 0. The molecule has 2 rings (SSSR count). The van der Waals surface area contributed by atoms with Gasteiger partial charge in [-0.3, -0.25) is 4.68 Å². The van der Waals surface area contributed by atoms with Crippen LogP contribution >= 0.6 is 15.9 Å². The number of hydrogen-bond donors (Lipinski definition) is 0. The lowest BCUT2D eigenvalue weighted by atomic mass is 10.0. The number of aryl methyl sites for hydroxylation is 1. The van der Waals surface area contributed by atoms with Gasteiger partial charge in [0.25, 0.3) is 0 Å². The molecular formula is C11H17BrN2O. The second kappa shape index (κ2) is 4.56. The van der Waals surface area contributed by atoms with Crippen LogP contribution in [0.25, 0.3) is 0 Å². The number of halogens is 1. The molecule has 4 heteroatoms. The Hall–Kier alpha value is -0.510. The molecule has 2 atom stereocenters. The molecule has 1 aliphatic carbocycles. The quantitative estimate of drug-likeness (QED) is 0.792. The zero-order valence-electron chi connectivity index (χ0n) is 9.24. The molecule has 1 saturated carbocycles. The smallest absolute Gasteiger partial charge is 0.160 e. The van der Waals surface area contributed by atoms with Gasteiger partial charge in [-0.2, -0.15) is 5.10 Å². The Morgan fingerprint density at radius 1 is 1.60 bits per heavy atom. The molecule has 84 valence electrons. The summed E-state index contributed by atoms with van der Waals surface area (Å²) in [5.74, 6) is 1.50. The standard InChI is InChI=1S/C11H17BrN2O/c1-3-14-11(10(15-2)7-13-14)8-5-4-6-9(8)12/h7-9H,3-6H2,1-2H3. The number of methoxy groups -OCH3 is 1. The average molecular weight is 273 g/mol. The molecule has 0 N–H and O–H groups in total. The lowest BCUT2D eigenvalue weighted by Gasteiger charge is -2.17. The fourth-order valence-corrected chi connectivity index (χ4v) is 3.22. The van der Waals surface area contributed by atoms with Crippen molar-refractivity contribution in [3.8, 4) is 5.75 Å². The van der Waals surface area contributed by atoms with Gasteiger partial charge in [-0.05, 0) is 19.8 Å². The van der Waals surface area contributed by atoms with E-state index in [0.29, 0.717) is 10.7 Å². The number of aromatic nitrogens is 2. The van der Waals surface area contributed by atoms with Crippen molar-refractivity contribution in [2.24, 2.45) is 0 Å². The van der Waals surface area contributed by atoms with E-state index < -0.39 is 0 Å². The van der Waals surface area contributed by atoms with Crippen LogP contribution in [-0.2, 0) is 6.54 Å². The Kier molecular flexibility index (Phi) is 3.34. The molecule has 0 radical (unpaired) electrons. The van der Waals surface area contributed by atoms with E-state index in [1.54, 1.807) is 7.11 Å². The summed E-state index contributed by atoms with van der Waals surface area (Å²) in [5, 5.41) is 4.36. The fraction of sp³-hybridized carbons (Fsp3) is 0.727. The highest BCUT2D eigenvalue weighted by Gasteiger charge is 2.31. The first-order valence-electron chi connectivity index (χ1n) is 5.51. The average Bonchev–Trinajstić information content (AvgIpc) is 2.82. The predicted molar refractivity (Wildman–Crippen MR) is 63.8 cm³/mol. The van der Waals surface area contributed by atoms with Crippen molar-refractivity contribution >= 4 is 15.9 Å². The molecular weight excluding hydrogens is 256 g/mol. The van der Waals surface area contributed by atoms with Gasteiger partial charge in [0.05, 0.1) is 19.0 Å². The Bertz CT molecular complexity index is 316. The molecule has 0 bridgehead atoms. The van der Waals surface area contributed by atoms with Gasteiger partial charge < -0.3 is 4.74 Å². The molecule has 0 aromatic carbocycles. The molecule has 1 heterocycles. The van der Waals surface area contributed by atoms with E-state index in [2.05, 4.69) is 32.6 Å². The van der Waals surface area contributed by atoms with Crippen LogP contribution in [0.2, 0.25) is 0 Å². The van der Waals surface area contributed by atoms with E-state index in [1.165, 1.54) is 25.0 Å². The molecule has 0 spiro atoms. The van der Waals surface area contributed by atoms with Crippen molar-refractivity contribution in [2.75, 3.05) is 7.11 Å². The minimum atomic E-state index is 0.558. The van der Waals surface area contributed by atoms with E-state index >= 15 is 0 Å². The van der Waals surface area contributed by atoms with Gasteiger partial charge in [0, 0.05) is 17.3 Å². The third-order valence-electron chi connectivity index (χ3n) is 3.15. The maximum atomic E-state index is 5.38. The number of nitrogens with zero attached hydrogens (tertiary/aromatic N) is 2. The van der Waals surface area contributed by atoms with Crippen LogP contribution in [0.4, 0.5) is 0 Å². The Labute approximate surface area is 98.9 Å². The third-order valence-corrected chi connectivity index (χ3v) is 4.24. The molecule has 1 aliphatic rings. The summed E-state index contributed by atoms with van der Waals surface area (Å²) in [6.45, 7) is 3.03. The van der Waals surface area contributed by atoms with Gasteiger partial charge >= 0.3 is 0 Å². The second-order valence-electron chi connectivity index (χ2n) is 3.97. The molecule has 0 aliphatic heterocycles. The van der Waals surface area contributed by atoms with E-state index in [-0.39, 0.29) is 0 Å². The maximum Gasteiger partial charge on any atom is 0.160 e. The topological polar surface area (TPSA) is 27.1 Å². The Balaban J connectivity index is 2.35. The van der Waals surface area contributed by atoms with E-state index in [4.69, 9.17) is 4.74 Å². The zero-order valence-corrected chi connectivity index (χ0v) is 10.8. The summed E-state index contributed by atoms with van der Waals surface area (Å²) in [5.41, 5.74) is 1.26. The van der Waals surface area contributed by atoms with Crippen LogP contribution in [0, 0.1) is 0 Å². The first-order chi connectivity index (χ1) is 7.27. The van der Waals surface area contributed by atoms with Crippen molar-refractivity contribution in [1.29, 1.82) is 0 Å². The second-order valence-corrected chi connectivity index (χ2v) is 5.14. The van der Waals surface area contributed by atoms with E-state index in [1.807, 2.05) is 6.20 Å². The lowest BCUT2D eigenvalue weighted by molar-refractivity contribution is 0.402. The fourth-order valence-electron chi connectivity index (χ4n) is 2.38. The van der Waals surface area contributed by atoms with Crippen LogP contribution in [-0.4, -0.2) is 21.7 Å². The first kappa shape index (κ1) is 11.0. The summed E-state index contributed by atoms with van der Waals surface area (Å²) in [6.07, 6.45) is 5.61. The molecule has 3 nitrogen and oxygen atoms in total. The van der Waals surface area contributed by atoms with Gasteiger partial charge in [0.15, 0.2) is 5.75 Å². The van der Waals surface area contributed by atoms with Crippen LogP contribution in [0.15, 0.2) is 6.20 Å². The van der Waals surface area contributed by atoms with Crippen molar-refractivity contribution in [1.82, 2.24) is 9.78 Å². The number of rotatable bonds is 3. The van der Waals surface area contributed by atoms with Crippen LogP contribution in [0.5, 0.6) is 5.75 Å². The predicted octanol–water partition coefficient (Wildman–Crippen LogP) is 2.94. The highest BCUT2D eigenvalue weighted by molar-refractivity contribution is 9.09. The molecule has 2 unspecified atom stereocenters. The largest absolute Gasteiger partial charge is 0.493 e. The van der Waals surface area contributed by atoms with Gasteiger partial charge in [-0.25, -0.2) is 0 Å². The normalized spacial score (nSPS) is 25.8. The Morgan fingerprint density at radius 2 is 2.40 bits per heavy atom. The first-order valence-corrected chi connectivity index (χ1v) is 6.43. The number of ether oxygens (including phenoxy) is 1. The van der Waals surface area contributed by atoms with Crippen LogP contribution in [0.1, 0.15) is 37.8 Å². The van der Waals surface area contributed by atoms with E-state index in [0.717, 1.165) is 12.3 Å². The van der Waals surface area contributed by atoms with Gasteiger partial charge in [0.2, 0.25) is 0 Å². The molecule has 1 aromatic heterocycles. The van der Waals surface area contributed by atoms with Crippen LogP contribution in [0.3, 0.4) is 0 Å². The van der Waals surface area contributed by atoms with E-state index in [9.17, 15) is 0 Å². The van der Waals surface area contributed by atoms with Crippen molar-refractivity contribution in [3.63, 3.8) is 0 Å². The molecule has 0 amide bonds. The summed E-state index contributed by atoms with van der Waals surface area (Å²) in [7, 11) is 1.72. The number of hydrogen-bond acceptors (Lipinski definition) is 2. The minimum Gasteiger partial charge on any atom is -0.493 e.